The van der Waals surface area contributed by atoms with Gasteiger partial charge in [0.25, 0.3) is 0 Å². The van der Waals surface area contributed by atoms with Crippen LogP contribution >= 0.6 is 0 Å². The molecule has 0 spiro atoms. The second kappa shape index (κ2) is 5.69. The van der Waals surface area contributed by atoms with Crippen molar-refractivity contribution in [2.75, 3.05) is 6.61 Å². The minimum absolute atomic E-state index is 0.647. The van der Waals surface area contributed by atoms with Gasteiger partial charge in [0.05, 0.1) is 12.2 Å². The van der Waals surface area contributed by atoms with Crippen LogP contribution in [0.25, 0.3) is 0 Å². The van der Waals surface area contributed by atoms with Crippen LogP contribution in [0, 0.1) is 5.92 Å². The molecule has 0 atom stereocenters. The summed E-state index contributed by atoms with van der Waals surface area (Å²) in [4.78, 5) is 10.8. The lowest BCUT2D eigenvalue weighted by Crippen LogP contribution is -2.05. The fourth-order valence-electron chi connectivity index (χ4n) is 2.34. The lowest BCUT2D eigenvalue weighted by Gasteiger charge is -2.11. The number of aldehydes is 1. The molecule has 2 heteroatoms. The number of ether oxygens (including phenoxy) is 1. The van der Waals surface area contributed by atoms with E-state index in [0.29, 0.717) is 5.56 Å². The maximum absolute atomic E-state index is 10.8. The zero-order valence-corrected chi connectivity index (χ0v) is 9.52. The normalized spacial score (nSPS) is 16.2. The number of carbonyl (C=O) groups is 1. The molecule has 1 aliphatic rings. The summed E-state index contributed by atoms with van der Waals surface area (Å²) in [5.41, 5.74) is 0.647. The van der Waals surface area contributed by atoms with E-state index in [1.807, 2.05) is 18.2 Å². The van der Waals surface area contributed by atoms with E-state index in [1.165, 1.54) is 25.7 Å². The largest absolute Gasteiger partial charge is 0.493 e. The number of rotatable bonds is 5. The van der Waals surface area contributed by atoms with Gasteiger partial charge in [0.15, 0.2) is 6.29 Å². The molecular formula is C14H18O2. The molecule has 86 valence electrons. The SMILES string of the molecule is O=Cc1ccccc1OCCC1CCCC1. The van der Waals surface area contributed by atoms with Crippen LogP contribution in [0.5, 0.6) is 5.75 Å². The Kier molecular flexibility index (Phi) is 3.97. The third kappa shape index (κ3) is 2.84. The Balaban J connectivity index is 1.82. The predicted octanol–water partition coefficient (Wildman–Crippen LogP) is 3.46. The van der Waals surface area contributed by atoms with Gasteiger partial charge in [-0.05, 0) is 24.5 Å². The fraction of sp³-hybridized carbons (Fsp3) is 0.500. The van der Waals surface area contributed by atoms with Gasteiger partial charge in [-0.25, -0.2) is 0 Å². The Hall–Kier alpha value is -1.31. The Morgan fingerprint density at radius 1 is 1.25 bits per heavy atom. The average molecular weight is 218 g/mol. The van der Waals surface area contributed by atoms with Crippen LogP contribution < -0.4 is 4.74 Å². The monoisotopic (exact) mass is 218 g/mol. The zero-order chi connectivity index (χ0) is 11.2. The van der Waals surface area contributed by atoms with Crippen molar-refractivity contribution in [2.24, 2.45) is 5.92 Å². The Morgan fingerprint density at radius 3 is 2.75 bits per heavy atom. The summed E-state index contributed by atoms with van der Waals surface area (Å²) in [5.74, 6) is 1.55. The molecule has 2 rings (SSSR count). The van der Waals surface area contributed by atoms with E-state index in [0.717, 1.165) is 31.0 Å². The maximum Gasteiger partial charge on any atom is 0.153 e. The van der Waals surface area contributed by atoms with Crippen molar-refractivity contribution >= 4 is 6.29 Å². The Bertz CT molecular complexity index is 340. The van der Waals surface area contributed by atoms with E-state index < -0.39 is 0 Å². The van der Waals surface area contributed by atoms with Crippen molar-refractivity contribution in [3.8, 4) is 5.75 Å². The standard InChI is InChI=1S/C14H18O2/c15-11-13-7-3-4-8-14(13)16-10-9-12-5-1-2-6-12/h3-4,7-8,11-12H,1-2,5-6,9-10H2. The van der Waals surface area contributed by atoms with Gasteiger partial charge in [0.2, 0.25) is 0 Å². The van der Waals surface area contributed by atoms with Crippen molar-refractivity contribution in [3.63, 3.8) is 0 Å². The van der Waals surface area contributed by atoms with Gasteiger partial charge in [-0.3, -0.25) is 4.79 Å². The molecule has 1 aromatic rings. The van der Waals surface area contributed by atoms with Crippen LogP contribution in [-0.4, -0.2) is 12.9 Å². The molecular weight excluding hydrogens is 200 g/mol. The van der Waals surface area contributed by atoms with Crippen molar-refractivity contribution in [3.05, 3.63) is 29.8 Å². The average Bonchev–Trinajstić information content (AvgIpc) is 2.83. The maximum atomic E-state index is 10.8. The number of carbonyl (C=O) groups excluding carboxylic acids is 1. The highest BCUT2D eigenvalue weighted by molar-refractivity contribution is 5.79. The number of para-hydroxylation sites is 1. The first-order chi connectivity index (χ1) is 7.90. The van der Waals surface area contributed by atoms with Gasteiger partial charge in [-0.1, -0.05) is 37.8 Å². The smallest absolute Gasteiger partial charge is 0.153 e. The minimum atomic E-state index is 0.647. The molecule has 1 aromatic carbocycles. The first kappa shape index (κ1) is 11.2. The van der Waals surface area contributed by atoms with Gasteiger partial charge < -0.3 is 4.74 Å². The fourth-order valence-corrected chi connectivity index (χ4v) is 2.34. The molecule has 0 heterocycles. The summed E-state index contributed by atoms with van der Waals surface area (Å²) in [6.45, 7) is 0.732. The second-order valence-corrected chi connectivity index (χ2v) is 4.44. The van der Waals surface area contributed by atoms with E-state index in [1.54, 1.807) is 6.07 Å². The lowest BCUT2D eigenvalue weighted by atomic mass is 10.1. The van der Waals surface area contributed by atoms with Crippen LogP contribution in [0.15, 0.2) is 24.3 Å². The Labute approximate surface area is 96.6 Å². The quantitative estimate of drug-likeness (QED) is 0.707. The Morgan fingerprint density at radius 2 is 2.00 bits per heavy atom. The highest BCUT2D eigenvalue weighted by Crippen LogP contribution is 2.27. The highest BCUT2D eigenvalue weighted by Gasteiger charge is 2.14. The third-order valence-corrected chi connectivity index (χ3v) is 3.30. The lowest BCUT2D eigenvalue weighted by molar-refractivity contribution is 0.111. The van der Waals surface area contributed by atoms with Crippen LogP contribution in [-0.2, 0) is 0 Å². The molecule has 0 unspecified atom stereocenters. The molecule has 1 fully saturated rings. The number of benzene rings is 1. The van der Waals surface area contributed by atoms with Gasteiger partial charge in [-0.15, -0.1) is 0 Å². The first-order valence-electron chi connectivity index (χ1n) is 6.07. The van der Waals surface area contributed by atoms with E-state index in [4.69, 9.17) is 4.74 Å². The van der Waals surface area contributed by atoms with Gasteiger partial charge >= 0.3 is 0 Å². The molecule has 16 heavy (non-hydrogen) atoms. The molecule has 1 aliphatic carbocycles. The second-order valence-electron chi connectivity index (χ2n) is 4.44. The van der Waals surface area contributed by atoms with Crippen molar-refractivity contribution in [1.82, 2.24) is 0 Å². The summed E-state index contributed by atoms with van der Waals surface area (Å²) in [5, 5.41) is 0. The predicted molar refractivity (Wildman–Crippen MR) is 63.9 cm³/mol. The summed E-state index contributed by atoms with van der Waals surface area (Å²) in [6.07, 6.45) is 7.40. The van der Waals surface area contributed by atoms with Crippen molar-refractivity contribution < 1.29 is 9.53 Å². The molecule has 0 aliphatic heterocycles. The van der Waals surface area contributed by atoms with Gasteiger partial charge in [-0.2, -0.15) is 0 Å². The molecule has 0 saturated heterocycles. The summed E-state index contributed by atoms with van der Waals surface area (Å²) < 4.78 is 5.66. The molecule has 0 bridgehead atoms. The molecule has 0 N–H and O–H groups in total. The topological polar surface area (TPSA) is 26.3 Å². The molecule has 1 saturated carbocycles. The van der Waals surface area contributed by atoms with Crippen LogP contribution in [0.1, 0.15) is 42.5 Å². The molecule has 0 radical (unpaired) electrons. The van der Waals surface area contributed by atoms with E-state index >= 15 is 0 Å². The summed E-state index contributed by atoms with van der Waals surface area (Å²) in [7, 11) is 0. The molecule has 2 nitrogen and oxygen atoms in total. The number of hydrogen-bond donors (Lipinski definition) is 0. The zero-order valence-electron chi connectivity index (χ0n) is 9.52. The highest BCUT2D eigenvalue weighted by atomic mass is 16.5. The van der Waals surface area contributed by atoms with Crippen molar-refractivity contribution in [2.45, 2.75) is 32.1 Å². The van der Waals surface area contributed by atoms with Gasteiger partial charge in [0, 0.05) is 0 Å². The molecule has 0 aromatic heterocycles. The summed E-state index contributed by atoms with van der Waals surface area (Å²) in [6, 6.07) is 7.40. The van der Waals surface area contributed by atoms with Gasteiger partial charge in [0.1, 0.15) is 5.75 Å². The molecule has 0 amide bonds. The van der Waals surface area contributed by atoms with E-state index in [-0.39, 0.29) is 0 Å². The third-order valence-electron chi connectivity index (χ3n) is 3.30. The van der Waals surface area contributed by atoms with E-state index in [2.05, 4.69) is 0 Å². The van der Waals surface area contributed by atoms with Crippen molar-refractivity contribution in [1.29, 1.82) is 0 Å². The first-order valence-corrected chi connectivity index (χ1v) is 6.07. The van der Waals surface area contributed by atoms with Crippen LogP contribution in [0.4, 0.5) is 0 Å². The summed E-state index contributed by atoms with van der Waals surface area (Å²) >= 11 is 0. The number of hydrogen-bond acceptors (Lipinski definition) is 2. The van der Waals surface area contributed by atoms with Crippen LogP contribution in [0.2, 0.25) is 0 Å². The van der Waals surface area contributed by atoms with Crippen LogP contribution in [0.3, 0.4) is 0 Å². The minimum Gasteiger partial charge on any atom is -0.493 e. The van der Waals surface area contributed by atoms with E-state index in [9.17, 15) is 4.79 Å².